The third kappa shape index (κ3) is 3.14. The zero-order valence-corrected chi connectivity index (χ0v) is 14.3. The van der Waals surface area contributed by atoms with Crippen molar-refractivity contribution in [2.75, 3.05) is 13.1 Å². The molecule has 9 nitrogen and oxygen atoms in total. The summed E-state index contributed by atoms with van der Waals surface area (Å²) in [4.78, 5) is 38.0. The normalized spacial score (nSPS) is 20.2. The number of hydrogen-bond donors (Lipinski definition) is 1. The highest BCUT2D eigenvalue weighted by atomic mass is 16.5. The second-order valence-corrected chi connectivity index (χ2v) is 6.44. The molecule has 1 saturated heterocycles. The lowest BCUT2D eigenvalue weighted by Crippen LogP contribution is -2.42. The van der Waals surface area contributed by atoms with E-state index < -0.39 is 23.3 Å². The summed E-state index contributed by atoms with van der Waals surface area (Å²) in [5.74, 6) is 0.00398. The Morgan fingerprint density at radius 1 is 1.28 bits per heavy atom. The molecule has 1 fully saturated rings. The molecule has 9 heteroatoms. The quantitative estimate of drug-likeness (QED) is 0.766. The fourth-order valence-electron chi connectivity index (χ4n) is 3.09. The number of aliphatic hydroxyl groups is 1. The summed E-state index contributed by atoms with van der Waals surface area (Å²) in [6, 6.07) is 2.94. The van der Waals surface area contributed by atoms with Crippen molar-refractivity contribution in [2.45, 2.75) is 19.4 Å². The summed E-state index contributed by atoms with van der Waals surface area (Å²) in [6.45, 7) is 2.26. The Balaban J connectivity index is 1.80. The molecule has 2 aromatic heterocycles. The van der Waals surface area contributed by atoms with E-state index in [2.05, 4.69) is 5.16 Å². The first-order valence-electron chi connectivity index (χ1n) is 7.94. The van der Waals surface area contributed by atoms with Crippen LogP contribution in [0.15, 0.2) is 26.2 Å². The summed E-state index contributed by atoms with van der Waals surface area (Å²) in [6.07, 6.45) is -0.251. The first-order valence-corrected chi connectivity index (χ1v) is 7.94. The van der Waals surface area contributed by atoms with Crippen molar-refractivity contribution >= 4 is 5.91 Å². The van der Waals surface area contributed by atoms with Crippen LogP contribution in [0.3, 0.4) is 0 Å². The topological polar surface area (TPSA) is 111 Å². The van der Waals surface area contributed by atoms with Gasteiger partial charge in [-0.05, 0) is 6.92 Å². The van der Waals surface area contributed by atoms with Gasteiger partial charge in [0.25, 0.3) is 11.5 Å². The number of aromatic nitrogens is 3. The lowest BCUT2D eigenvalue weighted by Gasteiger charge is -2.17. The van der Waals surface area contributed by atoms with Crippen molar-refractivity contribution in [1.82, 2.24) is 19.2 Å². The lowest BCUT2D eigenvalue weighted by atomic mass is 10.0. The Hall–Kier alpha value is -2.68. The first-order chi connectivity index (χ1) is 11.8. The van der Waals surface area contributed by atoms with E-state index in [-0.39, 0.29) is 18.2 Å². The van der Waals surface area contributed by atoms with Gasteiger partial charge in [0.2, 0.25) is 0 Å². The smallest absolute Gasteiger partial charge is 0.331 e. The summed E-state index contributed by atoms with van der Waals surface area (Å²) >= 11 is 0. The Kier molecular flexibility index (Phi) is 4.34. The van der Waals surface area contributed by atoms with Crippen LogP contribution in [0.2, 0.25) is 0 Å². The number of aliphatic hydroxyl groups excluding tert-OH is 1. The molecule has 134 valence electrons. The zero-order chi connectivity index (χ0) is 18.3. The maximum absolute atomic E-state index is 12.7. The number of amides is 1. The highest BCUT2D eigenvalue weighted by Gasteiger charge is 2.36. The third-order valence-corrected chi connectivity index (χ3v) is 4.58. The molecule has 2 aromatic rings. The maximum Gasteiger partial charge on any atom is 0.331 e. The van der Waals surface area contributed by atoms with Crippen LogP contribution in [0.1, 0.15) is 21.9 Å². The van der Waals surface area contributed by atoms with Gasteiger partial charge < -0.3 is 14.5 Å². The molecular formula is C16H20N4O5. The van der Waals surface area contributed by atoms with Crippen molar-refractivity contribution in [3.63, 3.8) is 0 Å². The van der Waals surface area contributed by atoms with Gasteiger partial charge in [-0.3, -0.25) is 18.7 Å². The van der Waals surface area contributed by atoms with E-state index in [1.807, 2.05) is 6.92 Å². The van der Waals surface area contributed by atoms with Crippen molar-refractivity contribution in [3.05, 3.63) is 50.1 Å². The SMILES string of the molecule is Cc1cc(C[C@@H]2CN(C(=O)c3cc(=O)n(C)c(=O)n3C)C[C@H]2O)on1. The monoisotopic (exact) mass is 348 g/mol. The van der Waals surface area contributed by atoms with E-state index in [1.54, 1.807) is 6.07 Å². The molecule has 0 saturated carbocycles. The van der Waals surface area contributed by atoms with Gasteiger partial charge in [-0.2, -0.15) is 0 Å². The van der Waals surface area contributed by atoms with Crippen LogP contribution >= 0.6 is 0 Å². The van der Waals surface area contributed by atoms with Gasteiger partial charge in [-0.1, -0.05) is 5.16 Å². The van der Waals surface area contributed by atoms with E-state index in [1.165, 1.54) is 19.0 Å². The fraction of sp³-hybridized carbons (Fsp3) is 0.500. The minimum absolute atomic E-state index is 0.0106. The minimum atomic E-state index is -0.710. The summed E-state index contributed by atoms with van der Waals surface area (Å²) in [5, 5.41) is 14.1. The van der Waals surface area contributed by atoms with Gasteiger partial charge in [-0.15, -0.1) is 0 Å². The van der Waals surface area contributed by atoms with Gasteiger partial charge in [-0.25, -0.2) is 4.79 Å². The predicted molar refractivity (Wildman–Crippen MR) is 87.3 cm³/mol. The molecule has 0 bridgehead atoms. The standard InChI is InChI=1S/C16H20N4O5/c1-9-4-11(25-17-9)5-10-7-20(8-13(10)21)15(23)12-6-14(22)19(3)16(24)18(12)2/h4,6,10,13,21H,5,7-8H2,1-3H3/t10-,13-/m1/s1. The molecule has 3 heterocycles. The van der Waals surface area contributed by atoms with Crippen LogP contribution in [0.5, 0.6) is 0 Å². The van der Waals surface area contributed by atoms with Gasteiger partial charge >= 0.3 is 5.69 Å². The Labute approximate surface area is 143 Å². The summed E-state index contributed by atoms with van der Waals surface area (Å²) in [7, 11) is 2.80. The number of carbonyl (C=O) groups excluding carboxylic acids is 1. The molecule has 3 rings (SSSR count). The molecule has 0 aromatic carbocycles. The average Bonchev–Trinajstić information content (AvgIpc) is 3.14. The Morgan fingerprint density at radius 3 is 2.64 bits per heavy atom. The largest absolute Gasteiger partial charge is 0.391 e. The number of aryl methyl sites for hydroxylation is 1. The van der Waals surface area contributed by atoms with E-state index in [9.17, 15) is 19.5 Å². The molecule has 0 spiro atoms. The molecular weight excluding hydrogens is 328 g/mol. The zero-order valence-electron chi connectivity index (χ0n) is 14.3. The third-order valence-electron chi connectivity index (χ3n) is 4.58. The van der Waals surface area contributed by atoms with Gasteiger partial charge in [0.15, 0.2) is 0 Å². The molecule has 2 atom stereocenters. The van der Waals surface area contributed by atoms with Crippen molar-refractivity contribution in [3.8, 4) is 0 Å². The summed E-state index contributed by atoms with van der Waals surface area (Å²) in [5.41, 5.74) is -0.342. The summed E-state index contributed by atoms with van der Waals surface area (Å²) < 4.78 is 7.24. The molecule has 0 unspecified atom stereocenters. The number of nitrogens with zero attached hydrogens (tertiary/aromatic N) is 4. The van der Waals surface area contributed by atoms with E-state index >= 15 is 0 Å². The number of carbonyl (C=O) groups is 1. The highest BCUT2D eigenvalue weighted by Crippen LogP contribution is 2.23. The molecule has 1 aliphatic heterocycles. The van der Waals surface area contributed by atoms with Crippen LogP contribution in [-0.4, -0.2) is 49.4 Å². The molecule has 0 aliphatic carbocycles. The Morgan fingerprint density at radius 2 is 2.00 bits per heavy atom. The Bertz CT molecular complexity index is 925. The van der Waals surface area contributed by atoms with Crippen molar-refractivity contribution < 1.29 is 14.4 Å². The number of likely N-dealkylation sites (tertiary alicyclic amines) is 1. The minimum Gasteiger partial charge on any atom is -0.391 e. The van der Waals surface area contributed by atoms with Gasteiger partial charge in [0, 0.05) is 51.7 Å². The second-order valence-electron chi connectivity index (χ2n) is 6.44. The highest BCUT2D eigenvalue weighted by molar-refractivity contribution is 5.92. The maximum atomic E-state index is 12.7. The molecule has 1 amide bonds. The predicted octanol–water partition coefficient (Wildman–Crippen LogP) is -0.944. The van der Waals surface area contributed by atoms with Gasteiger partial charge in [0.05, 0.1) is 11.8 Å². The van der Waals surface area contributed by atoms with Crippen LogP contribution in [0, 0.1) is 12.8 Å². The van der Waals surface area contributed by atoms with Crippen molar-refractivity contribution in [1.29, 1.82) is 0 Å². The number of β-amino-alcohol motifs (C(OH)–C–C–N with tert-alkyl or cyclic N) is 1. The number of rotatable bonds is 3. The van der Waals surface area contributed by atoms with Crippen LogP contribution < -0.4 is 11.2 Å². The van der Waals surface area contributed by atoms with Crippen molar-refractivity contribution in [2.24, 2.45) is 20.0 Å². The molecule has 1 N–H and O–H groups in total. The fourth-order valence-corrected chi connectivity index (χ4v) is 3.09. The first kappa shape index (κ1) is 17.2. The van der Waals surface area contributed by atoms with E-state index in [0.717, 1.165) is 20.9 Å². The van der Waals surface area contributed by atoms with E-state index in [4.69, 9.17) is 4.52 Å². The lowest BCUT2D eigenvalue weighted by molar-refractivity contribution is 0.0753. The van der Waals surface area contributed by atoms with Crippen LogP contribution in [0.25, 0.3) is 0 Å². The molecule has 25 heavy (non-hydrogen) atoms. The number of hydrogen-bond acceptors (Lipinski definition) is 6. The van der Waals surface area contributed by atoms with Gasteiger partial charge in [0.1, 0.15) is 11.5 Å². The van der Waals surface area contributed by atoms with E-state index in [0.29, 0.717) is 18.7 Å². The second kappa shape index (κ2) is 6.32. The molecule has 1 aliphatic rings. The van der Waals surface area contributed by atoms with Crippen LogP contribution in [0.4, 0.5) is 0 Å². The van der Waals surface area contributed by atoms with Crippen LogP contribution in [-0.2, 0) is 20.5 Å². The molecule has 0 radical (unpaired) electrons. The average molecular weight is 348 g/mol.